The molecule has 5 heteroatoms. The van der Waals surface area contributed by atoms with Gasteiger partial charge in [-0.05, 0) is 36.5 Å². The van der Waals surface area contributed by atoms with Gasteiger partial charge in [0.1, 0.15) is 6.26 Å². The maximum Gasteiger partial charge on any atom is 0.270 e. The number of aryl methyl sites for hydroxylation is 2. The van der Waals surface area contributed by atoms with Crippen LogP contribution < -0.4 is 5.14 Å². The average Bonchev–Trinajstić information content (AvgIpc) is 3.38. The van der Waals surface area contributed by atoms with Gasteiger partial charge >= 0.3 is 0 Å². The van der Waals surface area contributed by atoms with E-state index >= 15 is 0 Å². The predicted octanol–water partition coefficient (Wildman–Crippen LogP) is 7.79. The van der Waals surface area contributed by atoms with E-state index in [1.165, 1.54) is 81.2 Å². The molecule has 0 bridgehead atoms. The van der Waals surface area contributed by atoms with E-state index in [-0.39, 0.29) is 0 Å². The van der Waals surface area contributed by atoms with Crippen LogP contribution in [0, 0.1) is 0 Å². The van der Waals surface area contributed by atoms with Crippen molar-refractivity contribution in [1.82, 2.24) is 4.98 Å². The second-order valence-electron chi connectivity index (χ2n) is 7.03. The third-order valence-corrected chi connectivity index (χ3v) is 6.54. The summed E-state index contributed by atoms with van der Waals surface area (Å²) in [6.07, 6.45) is 16.5. The number of nitrogens with zero attached hydrogens (tertiary/aromatic N) is 1. The van der Waals surface area contributed by atoms with E-state index < -0.39 is 0 Å². The highest BCUT2D eigenvalue weighted by Crippen LogP contribution is 2.33. The summed E-state index contributed by atoms with van der Waals surface area (Å²) in [6, 6.07) is 9.06. The normalized spacial score (nSPS) is 10.8. The third-order valence-electron chi connectivity index (χ3n) is 4.80. The molecule has 1 aromatic carbocycles. The van der Waals surface area contributed by atoms with Crippen LogP contribution in [0.3, 0.4) is 0 Å². The van der Waals surface area contributed by atoms with Crippen LogP contribution in [0.1, 0.15) is 75.0 Å². The largest absolute Gasteiger partial charge is 0.439 e. The molecule has 0 aliphatic heterocycles. The van der Waals surface area contributed by atoms with E-state index in [1.807, 2.05) is 0 Å². The molecule has 2 heterocycles. The highest BCUT2D eigenvalue weighted by Gasteiger charge is 2.10. The molecule has 3 rings (SSSR count). The smallest absolute Gasteiger partial charge is 0.270 e. The molecular formula is C23H34N2OS2. The van der Waals surface area contributed by atoms with Crippen LogP contribution in [-0.2, 0) is 12.8 Å². The fourth-order valence-corrected chi connectivity index (χ4v) is 4.89. The molecule has 0 atom stereocenters. The van der Waals surface area contributed by atoms with Gasteiger partial charge < -0.3 is 4.42 Å². The maximum absolute atomic E-state index is 5.05. The first-order valence-corrected chi connectivity index (χ1v) is 12.2. The molecule has 2 N–H and O–H groups in total. The summed E-state index contributed by atoms with van der Waals surface area (Å²) in [5.74, 6) is 0. The van der Waals surface area contributed by atoms with Crippen LogP contribution in [0.25, 0.3) is 10.8 Å². The first-order valence-electron chi connectivity index (χ1n) is 10.6. The van der Waals surface area contributed by atoms with Crippen molar-refractivity contribution in [2.45, 2.75) is 83.3 Å². The van der Waals surface area contributed by atoms with Gasteiger partial charge in [-0.1, -0.05) is 76.6 Å². The van der Waals surface area contributed by atoms with Gasteiger partial charge in [-0.15, -0.1) is 11.3 Å². The first-order chi connectivity index (χ1) is 13.8. The van der Waals surface area contributed by atoms with E-state index in [0.29, 0.717) is 5.22 Å². The van der Waals surface area contributed by atoms with Gasteiger partial charge in [-0.2, -0.15) is 0 Å². The van der Waals surface area contributed by atoms with E-state index in [4.69, 9.17) is 9.56 Å². The van der Waals surface area contributed by atoms with Gasteiger partial charge in [0, 0.05) is 21.7 Å². The number of unbranched alkanes of at least 4 members (excludes halogenated alkanes) is 6. The minimum atomic E-state index is 0.500. The summed E-state index contributed by atoms with van der Waals surface area (Å²) in [7, 11) is 0. The summed E-state index contributed by atoms with van der Waals surface area (Å²) in [4.78, 5) is 6.97. The molecule has 3 nitrogen and oxygen atoms in total. The number of fused-ring (bicyclic) bond motifs is 1. The second-order valence-corrected chi connectivity index (χ2v) is 8.81. The van der Waals surface area contributed by atoms with E-state index in [0.717, 1.165) is 11.9 Å². The minimum absolute atomic E-state index is 0.500. The molecule has 2 aromatic heterocycles. The summed E-state index contributed by atoms with van der Waals surface area (Å²) in [5, 5.41) is 8.62. The van der Waals surface area contributed by atoms with Crippen LogP contribution in [0.5, 0.6) is 0 Å². The number of thiophene rings is 1. The zero-order valence-corrected chi connectivity index (χ0v) is 18.9. The van der Waals surface area contributed by atoms with E-state index in [9.17, 15) is 0 Å². The molecule has 3 aromatic rings. The molecule has 0 aliphatic rings. The fourth-order valence-electron chi connectivity index (χ4n) is 3.29. The molecule has 0 saturated heterocycles. The van der Waals surface area contributed by atoms with Crippen molar-refractivity contribution in [3.05, 3.63) is 46.5 Å². The molecule has 28 heavy (non-hydrogen) atoms. The number of nitrogens with two attached hydrogens (primary N) is 1. The van der Waals surface area contributed by atoms with Gasteiger partial charge in [-0.25, -0.2) is 4.98 Å². The van der Waals surface area contributed by atoms with Crippen LogP contribution in [-0.4, -0.2) is 4.98 Å². The number of rotatable bonds is 11. The van der Waals surface area contributed by atoms with E-state index in [1.54, 1.807) is 16.0 Å². The highest BCUT2D eigenvalue weighted by atomic mass is 32.2. The first kappa shape index (κ1) is 23.0. The van der Waals surface area contributed by atoms with Crippen molar-refractivity contribution in [1.29, 1.82) is 0 Å². The van der Waals surface area contributed by atoms with E-state index in [2.05, 4.69) is 54.4 Å². The molecule has 0 fully saturated rings. The predicted molar refractivity (Wildman–Crippen MR) is 124 cm³/mol. The molecule has 0 saturated carbocycles. The van der Waals surface area contributed by atoms with Gasteiger partial charge in [0.15, 0.2) is 0 Å². The SMILES string of the molecule is CCCCCCc1sc(CCCCCC)c2ccccc12.NSc1ncco1. The van der Waals surface area contributed by atoms with Gasteiger partial charge in [0.25, 0.3) is 5.22 Å². The summed E-state index contributed by atoms with van der Waals surface area (Å²) < 4.78 is 4.71. The number of aromatic nitrogens is 1. The van der Waals surface area contributed by atoms with Crippen molar-refractivity contribution >= 4 is 34.1 Å². The number of benzene rings is 1. The van der Waals surface area contributed by atoms with Gasteiger partial charge in [0.2, 0.25) is 0 Å². The summed E-state index contributed by atoms with van der Waals surface area (Å²) in [5.41, 5.74) is 0. The van der Waals surface area contributed by atoms with Crippen molar-refractivity contribution in [3.8, 4) is 0 Å². The van der Waals surface area contributed by atoms with Crippen molar-refractivity contribution < 1.29 is 4.42 Å². The molecule has 0 amide bonds. The Morgan fingerprint density at radius 3 is 1.86 bits per heavy atom. The zero-order chi connectivity index (χ0) is 20.0. The standard InChI is InChI=1S/C20H30S.C3H4N2OS/c1-3-5-7-9-15-19-17-13-11-12-14-18(17)20(21-19)16-10-8-6-4-2;4-7-3-5-1-2-6-3/h11-14H,3-10,15-16H2,1-2H3;1-2H,4H2. The monoisotopic (exact) mass is 418 g/mol. The Kier molecular flexibility index (Phi) is 11.3. The average molecular weight is 419 g/mol. The van der Waals surface area contributed by atoms with Gasteiger partial charge in [-0.3, -0.25) is 5.14 Å². The zero-order valence-electron chi connectivity index (χ0n) is 17.3. The lowest BCUT2D eigenvalue weighted by Gasteiger charge is -1.98. The summed E-state index contributed by atoms with van der Waals surface area (Å²) >= 11 is 3.09. The van der Waals surface area contributed by atoms with Crippen LogP contribution in [0.4, 0.5) is 0 Å². The molecule has 0 radical (unpaired) electrons. The lowest BCUT2D eigenvalue weighted by atomic mass is 10.1. The number of oxazole rings is 1. The summed E-state index contributed by atoms with van der Waals surface area (Å²) in [6.45, 7) is 4.57. The quantitative estimate of drug-likeness (QED) is 0.255. The van der Waals surface area contributed by atoms with Gasteiger partial charge in [0.05, 0.1) is 6.20 Å². The molecule has 154 valence electrons. The van der Waals surface area contributed by atoms with Crippen molar-refractivity contribution in [2.24, 2.45) is 5.14 Å². The highest BCUT2D eigenvalue weighted by molar-refractivity contribution is 7.96. The molecule has 0 spiro atoms. The minimum Gasteiger partial charge on any atom is -0.439 e. The Hall–Kier alpha value is -1.30. The lowest BCUT2D eigenvalue weighted by Crippen LogP contribution is -1.82. The second kappa shape index (κ2) is 13.8. The van der Waals surface area contributed by atoms with Crippen molar-refractivity contribution in [3.63, 3.8) is 0 Å². The molecule has 0 aliphatic carbocycles. The van der Waals surface area contributed by atoms with Crippen LogP contribution in [0.2, 0.25) is 0 Å². The Labute approximate surface area is 178 Å². The fraction of sp³-hybridized carbons (Fsp3) is 0.522. The molecule has 0 unspecified atom stereocenters. The van der Waals surface area contributed by atoms with Crippen LogP contribution in [0.15, 0.2) is 46.4 Å². The maximum atomic E-state index is 5.05. The Morgan fingerprint density at radius 1 is 0.893 bits per heavy atom. The topological polar surface area (TPSA) is 52.0 Å². The Balaban J connectivity index is 0.000000336. The van der Waals surface area contributed by atoms with Crippen LogP contribution >= 0.6 is 23.3 Å². The number of hydrogen-bond acceptors (Lipinski definition) is 5. The molecular weight excluding hydrogens is 384 g/mol. The number of hydrogen-bond donors (Lipinski definition) is 1. The van der Waals surface area contributed by atoms with Crippen molar-refractivity contribution in [2.75, 3.05) is 0 Å². The Morgan fingerprint density at radius 2 is 1.46 bits per heavy atom. The lowest BCUT2D eigenvalue weighted by molar-refractivity contribution is 0.454. The third kappa shape index (κ3) is 7.61. The Bertz CT molecular complexity index is 722.